The van der Waals surface area contributed by atoms with Gasteiger partial charge < -0.3 is 10.4 Å². The summed E-state index contributed by atoms with van der Waals surface area (Å²) in [6.07, 6.45) is 0.716. The van der Waals surface area contributed by atoms with E-state index in [1.807, 2.05) is 12.1 Å². The van der Waals surface area contributed by atoms with E-state index in [0.717, 1.165) is 5.82 Å². The molecule has 0 saturated carbocycles. The summed E-state index contributed by atoms with van der Waals surface area (Å²) in [6, 6.07) is 5.39. The minimum atomic E-state index is 0.188. The van der Waals surface area contributed by atoms with Gasteiger partial charge in [0.25, 0.3) is 0 Å². The summed E-state index contributed by atoms with van der Waals surface area (Å²) in [5, 5.41) is 12.0. The van der Waals surface area contributed by atoms with E-state index in [0.29, 0.717) is 18.1 Å². The molecule has 0 bridgehead atoms. The molecule has 66 valence electrons. The summed E-state index contributed by atoms with van der Waals surface area (Å²) < 4.78 is 0. The number of hydrogen-bond acceptors (Lipinski definition) is 3. The Morgan fingerprint density at radius 2 is 2.33 bits per heavy atom. The van der Waals surface area contributed by atoms with Crippen molar-refractivity contribution in [1.82, 2.24) is 4.98 Å². The number of halogens is 1. The molecule has 0 aliphatic rings. The largest absolute Gasteiger partial charge is 0.396 e. The molecule has 0 spiro atoms. The molecule has 0 unspecified atom stereocenters. The molecule has 1 rings (SSSR count). The molecule has 0 radical (unpaired) electrons. The second kappa shape index (κ2) is 4.95. The van der Waals surface area contributed by atoms with Crippen LogP contribution in [0.1, 0.15) is 6.42 Å². The van der Waals surface area contributed by atoms with Gasteiger partial charge >= 0.3 is 0 Å². The maximum Gasteiger partial charge on any atom is 0.131 e. The zero-order valence-electron chi connectivity index (χ0n) is 6.63. The van der Waals surface area contributed by atoms with Crippen LogP contribution in [0.2, 0.25) is 5.15 Å². The SMILES string of the molecule is OCCCNc1cccc(Cl)n1. The Morgan fingerprint density at radius 1 is 1.50 bits per heavy atom. The lowest BCUT2D eigenvalue weighted by molar-refractivity contribution is 0.292. The van der Waals surface area contributed by atoms with Crippen molar-refractivity contribution >= 4 is 17.4 Å². The highest BCUT2D eigenvalue weighted by Crippen LogP contribution is 2.08. The van der Waals surface area contributed by atoms with Crippen LogP contribution in [-0.4, -0.2) is 23.2 Å². The standard InChI is InChI=1S/C8H11ClN2O/c9-7-3-1-4-8(11-7)10-5-2-6-12/h1,3-4,12H,2,5-6H2,(H,10,11). The highest BCUT2D eigenvalue weighted by Gasteiger charge is 1.92. The smallest absolute Gasteiger partial charge is 0.131 e. The van der Waals surface area contributed by atoms with Gasteiger partial charge in [0, 0.05) is 13.2 Å². The molecule has 4 heteroatoms. The van der Waals surface area contributed by atoms with Crippen molar-refractivity contribution in [2.75, 3.05) is 18.5 Å². The molecule has 3 nitrogen and oxygen atoms in total. The number of nitrogens with one attached hydrogen (secondary N) is 1. The maximum atomic E-state index is 8.51. The molecule has 1 aromatic heterocycles. The Labute approximate surface area is 76.4 Å². The zero-order valence-corrected chi connectivity index (χ0v) is 7.38. The molecular weight excluding hydrogens is 176 g/mol. The molecule has 0 saturated heterocycles. The van der Waals surface area contributed by atoms with Crippen LogP contribution in [0, 0.1) is 0 Å². The molecule has 1 aromatic rings. The maximum absolute atomic E-state index is 8.51. The van der Waals surface area contributed by atoms with Crippen LogP contribution >= 0.6 is 11.6 Å². The Bertz CT molecular complexity index is 242. The van der Waals surface area contributed by atoms with Crippen LogP contribution in [-0.2, 0) is 0 Å². The zero-order chi connectivity index (χ0) is 8.81. The van der Waals surface area contributed by atoms with E-state index < -0.39 is 0 Å². The van der Waals surface area contributed by atoms with Crippen LogP contribution < -0.4 is 5.32 Å². The molecule has 0 fully saturated rings. The predicted molar refractivity (Wildman–Crippen MR) is 49.4 cm³/mol. The Hall–Kier alpha value is -0.800. The molecular formula is C8H11ClN2O. The number of nitrogens with zero attached hydrogens (tertiary/aromatic N) is 1. The monoisotopic (exact) mass is 186 g/mol. The van der Waals surface area contributed by atoms with E-state index in [9.17, 15) is 0 Å². The van der Waals surface area contributed by atoms with Gasteiger partial charge in [0.2, 0.25) is 0 Å². The third kappa shape index (κ3) is 3.07. The van der Waals surface area contributed by atoms with Crippen molar-refractivity contribution < 1.29 is 5.11 Å². The summed E-state index contributed by atoms with van der Waals surface area (Å²) >= 11 is 5.66. The van der Waals surface area contributed by atoms with E-state index >= 15 is 0 Å². The summed E-state index contributed by atoms with van der Waals surface area (Å²) in [5.41, 5.74) is 0. The Kier molecular flexibility index (Phi) is 3.84. The van der Waals surface area contributed by atoms with Crippen LogP contribution in [0.4, 0.5) is 5.82 Å². The fraction of sp³-hybridized carbons (Fsp3) is 0.375. The number of aromatic nitrogens is 1. The average Bonchev–Trinajstić information content (AvgIpc) is 2.05. The molecule has 2 N–H and O–H groups in total. The number of pyridine rings is 1. The van der Waals surface area contributed by atoms with Crippen LogP contribution in [0.3, 0.4) is 0 Å². The normalized spacial score (nSPS) is 9.83. The summed E-state index contributed by atoms with van der Waals surface area (Å²) in [4.78, 5) is 4.02. The van der Waals surface area contributed by atoms with Crippen molar-refractivity contribution in [3.63, 3.8) is 0 Å². The van der Waals surface area contributed by atoms with Crippen molar-refractivity contribution in [3.8, 4) is 0 Å². The molecule has 0 aromatic carbocycles. The van der Waals surface area contributed by atoms with Crippen molar-refractivity contribution in [2.24, 2.45) is 0 Å². The van der Waals surface area contributed by atoms with E-state index in [1.54, 1.807) is 6.07 Å². The second-order valence-corrected chi connectivity index (χ2v) is 2.74. The van der Waals surface area contributed by atoms with Gasteiger partial charge in [0.15, 0.2) is 0 Å². The lowest BCUT2D eigenvalue weighted by atomic mass is 10.4. The third-order valence-corrected chi connectivity index (χ3v) is 1.57. The second-order valence-electron chi connectivity index (χ2n) is 2.35. The van der Waals surface area contributed by atoms with Crippen LogP contribution in [0.25, 0.3) is 0 Å². The quantitative estimate of drug-likeness (QED) is 0.554. The lowest BCUT2D eigenvalue weighted by Gasteiger charge is -2.03. The predicted octanol–water partition coefficient (Wildman–Crippen LogP) is 1.53. The summed E-state index contributed by atoms with van der Waals surface area (Å²) in [7, 11) is 0. The molecule has 12 heavy (non-hydrogen) atoms. The van der Waals surface area contributed by atoms with Crippen LogP contribution in [0.15, 0.2) is 18.2 Å². The van der Waals surface area contributed by atoms with Gasteiger partial charge in [-0.15, -0.1) is 0 Å². The Morgan fingerprint density at radius 3 is 3.00 bits per heavy atom. The molecule has 0 atom stereocenters. The fourth-order valence-electron chi connectivity index (χ4n) is 0.802. The first-order valence-corrected chi connectivity index (χ1v) is 4.18. The first kappa shape index (κ1) is 9.29. The molecule has 1 heterocycles. The topological polar surface area (TPSA) is 45.1 Å². The van der Waals surface area contributed by atoms with Gasteiger partial charge in [-0.05, 0) is 18.6 Å². The van der Waals surface area contributed by atoms with Crippen molar-refractivity contribution in [2.45, 2.75) is 6.42 Å². The first-order chi connectivity index (χ1) is 5.83. The molecule has 0 amide bonds. The van der Waals surface area contributed by atoms with Gasteiger partial charge in [-0.2, -0.15) is 0 Å². The van der Waals surface area contributed by atoms with Crippen molar-refractivity contribution in [3.05, 3.63) is 23.4 Å². The van der Waals surface area contributed by atoms with Gasteiger partial charge in [-0.25, -0.2) is 4.98 Å². The number of hydrogen-bond donors (Lipinski definition) is 2. The number of aliphatic hydroxyl groups excluding tert-OH is 1. The van der Waals surface area contributed by atoms with Gasteiger partial charge in [-0.3, -0.25) is 0 Å². The minimum absolute atomic E-state index is 0.188. The third-order valence-electron chi connectivity index (χ3n) is 1.36. The summed E-state index contributed by atoms with van der Waals surface area (Å²) in [6.45, 7) is 0.900. The number of anilines is 1. The van der Waals surface area contributed by atoms with Crippen LogP contribution in [0.5, 0.6) is 0 Å². The number of rotatable bonds is 4. The van der Waals surface area contributed by atoms with Gasteiger partial charge in [0.1, 0.15) is 11.0 Å². The first-order valence-electron chi connectivity index (χ1n) is 3.80. The van der Waals surface area contributed by atoms with E-state index in [4.69, 9.17) is 16.7 Å². The van der Waals surface area contributed by atoms with E-state index in [2.05, 4.69) is 10.3 Å². The fourth-order valence-corrected chi connectivity index (χ4v) is 0.966. The van der Waals surface area contributed by atoms with E-state index in [1.165, 1.54) is 0 Å². The molecule has 0 aliphatic carbocycles. The molecule has 0 aliphatic heterocycles. The van der Waals surface area contributed by atoms with Gasteiger partial charge in [-0.1, -0.05) is 17.7 Å². The van der Waals surface area contributed by atoms with Crippen molar-refractivity contribution in [1.29, 1.82) is 0 Å². The minimum Gasteiger partial charge on any atom is -0.396 e. The highest BCUT2D eigenvalue weighted by atomic mass is 35.5. The summed E-state index contributed by atoms with van der Waals surface area (Å²) in [5.74, 6) is 0.746. The lowest BCUT2D eigenvalue weighted by Crippen LogP contribution is -2.04. The highest BCUT2D eigenvalue weighted by molar-refractivity contribution is 6.29. The van der Waals surface area contributed by atoms with E-state index in [-0.39, 0.29) is 6.61 Å². The Balaban J connectivity index is 2.41. The van der Waals surface area contributed by atoms with Gasteiger partial charge in [0.05, 0.1) is 0 Å². The average molecular weight is 187 g/mol. The number of aliphatic hydroxyl groups is 1.